The molecule has 0 amide bonds. The van der Waals surface area contributed by atoms with Crippen molar-refractivity contribution in [2.24, 2.45) is 0 Å². The number of benzene rings is 2. The Morgan fingerprint density at radius 2 is 1.82 bits per heavy atom. The van der Waals surface area contributed by atoms with Crippen molar-refractivity contribution in [3.8, 4) is 5.75 Å². The molecule has 0 unspecified atom stereocenters. The maximum atomic E-state index is 12.9. The minimum Gasteiger partial charge on any atom is -0.489 e. The minimum absolute atomic E-state index is 0.225. The molecule has 0 fully saturated rings. The van der Waals surface area contributed by atoms with E-state index >= 15 is 0 Å². The fourth-order valence-corrected chi connectivity index (χ4v) is 2.62. The van der Waals surface area contributed by atoms with Crippen molar-refractivity contribution < 1.29 is 9.13 Å². The predicted octanol–water partition coefficient (Wildman–Crippen LogP) is 4.66. The standard InChI is InChI=1S/C18H21BrFNO/c1-21(2)11-3-4-15-12-16(19)7-10-18(15)22-13-14-5-8-17(20)9-6-14/h5-10,12H,3-4,11,13H2,1-2H3. The van der Waals surface area contributed by atoms with Crippen LogP contribution >= 0.6 is 15.9 Å². The average Bonchev–Trinajstić information content (AvgIpc) is 2.48. The molecule has 0 aromatic heterocycles. The Morgan fingerprint density at radius 3 is 2.50 bits per heavy atom. The topological polar surface area (TPSA) is 12.5 Å². The van der Waals surface area contributed by atoms with Gasteiger partial charge in [-0.25, -0.2) is 4.39 Å². The second-order valence-electron chi connectivity index (χ2n) is 5.57. The van der Waals surface area contributed by atoms with Gasteiger partial charge in [-0.1, -0.05) is 28.1 Å². The Hall–Kier alpha value is -1.39. The van der Waals surface area contributed by atoms with Crippen molar-refractivity contribution in [1.82, 2.24) is 4.90 Å². The van der Waals surface area contributed by atoms with Gasteiger partial charge in [0.25, 0.3) is 0 Å². The highest BCUT2D eigenvalue weighted by Gasteiger charge is 2.06. The Kier molecular flexibility index (Phi) is 6.40. The van der Waals surface area contributed by atoms with E-state index in [2.05, 4.69) is 41.0 Å². The molecule has 0 atom stereocenters. The summed E-state index contributed by atoms with van der Waals surface area (Å²) in [7, 11) is 4.15. The zero-order valence-electron chi connectivity index (χ0n) is 13.0. The van der Waals surface area contributed by atoms with Gasteiger partial charge >= 0.3 is 0 Å². The summed E-state index contributed by atoms with van der Waals surface area (Å²) in [4.78, 5) is 2.18. The molecule has 2 nitrogen and oxygen atoms in total. The van der Waals surface area contributed by atoms with Crippen LogP contribution in [-0.4, -0.2) is 25.5 Å². The van der Waals surface area contributed by atoms with Gasteiger partial charge < -0.3 is 9.64 Å². The van der Waals surface area contributed by atoms with Crippen molar-refractivity contribution in [1.29, 1.82) is 0 Å². The van der Waals surface area contributed by atoms with E-state index in [4.69, 9.17) is 4.74 Å². The number of halogens is 2. The van der Waals surface area contributed by atoms with Crippen LogP contribution in [0.15, 0.2) is 46.9 Å². The van der Waals surface area contributed by atoms with E-state index in [9.17, 15) is 4.39 Å². The van der Waals surface area contributed by atoms with E-state index in [1.165, 1.54) is 17.7 Å². The summed E-state index contributed by atoms with van der Waals surface area (Å²) in [6.07, 6.45) is 2.05. The lowest BCUT2D eigenvalue weighted by Crippen LogP contribution is -2.13. The first-order valence-corrected chi connectivity index (χ1v) is 8.14. The Labute approximate surface area is 140 Å². The van der Waals surface area contributed by atoms with Gasteiger partial charge in [0.05, 0.1) is 0 Å². The van der Waals surface area contributed by atoms with E-state index in [1.54, 1.807) is 12.1 Å². The van der Waals surface area contributed by atoms with E-state index in [0.717, 1.165) is 35.2 Å². The molecule has 0 saturated heterocycles. The van der Waals surface area contributed by atoms with Gasteiger partial charge in [-0.05, 0) is 74.9 Å². The third kappa shape index (κ3) is 5.43. The highest BCUT2D eigenvalue weighted by molar-refractivity contribution is 9.10. The molecule has 0 heterocycles. The van der Waals surface area contributed by atoms with Gasteiger partial charge in [-0.2, -0.15) is 0 Å². The number of aryl methyl sites for hydroxylation is 1. The molecule has 0 N–H and O–H groups in total. The monoisotopic (exact) mass is 365 g/mol. The fourth-order valence-electron chi connectivity index (χ4n) is 2.21. The highest BCUT2D eigenvalue weighted by Crippen LogP contribution is 2.25. The lowest BCUT2D eigenvalue weighted by atomic mass is 10.1. The van der Waals surface area contributed by atoms with Crippen LogP contribution in [0.25, 0.3) is 0 Å². The molecule has 0 saturated carbocycles. The van der Waals surface area contributed by atoms with Crippen LogP contribution in [0.4, 0.5) is 4.39 Å². The summed E-state index contributed by atoms with van der Waals surface area (Å²) in [5.41, 5.74) is 2.15. The third-order valence-corrected chi connectivity index (χ3v) is 3.87. The van der Waals surface area contributed by atoms with Crippen LogP contribution in [0.5, 0.6) is 5.75 Å². The van der Waals surface area contributed by atoms with Gasteiger partial charge in [0.2, 0.25) is 0 Å². The van der Waals surface area contributed by atoms with E-state index in [-0.39, 0.29) is 5.82 Å². The van der Waals surface area contributed by atoms with Crippen LogP contribution in [0, 0.1) is 5.82 Å². The van der Waals surface area contributed by atoms with Crippen molar-refractivity contribution in [2.45, 2.75) is 19.4 Å². The van der Waals surface area contributed by atoms with Crippen LogP contribution in [0.2, 0.25) is 0 Å². The van der Waals surface area contributed by atoms with E-state index in [1.807, 2.05) is 12.1 Å². The molecule has 22 heavy (non-hydrogen) atoms. The van der Waals surface area contributed by atoms with Gasteiger partial charge in [0, 0.05) is 4.47 Å². The summed E-state index contributed by atoms with van der Waals surface area (Å²) < 4.78 is 19.9. The fraction of sp³-hybridized carbons (Fsp3) is 0.333. The molecule has 2 aromatic rings. The van der Waals surface area contributed by atoms with Crippen LogP contribution < -0.4 is 4.74 Å². The van der Waals surface area contributed by atoms with Crippen molar-refractivity contribution >= 4 is 15.9 Å². The first-order chi connectivity index (χ1) is 10.5. The Bertz CT molecular complexity index is 599. The van der Waals surface area contributed by atoms with E-state index < -0.39 is 0 Å². The lowest BCUT2D eigenvalue weighted by Gasteiger charge is -2.14. The first-order valence-electron chi connectivity index (χ1n) is 7.35. The number of ether oxygens (including phenoxy) is 1. The average molecular weight is 366 g/mol. The number of hydrogen-bond acceptors (Lipinski definition) is 2. The highest BCUT2D eigenvalue weighted by atomic mass is 79.9. The molecule has 118 valence electrons. The molecule has 0 bridgehead atoms. The van der Waals surface area contributed by atoms with Gasteiger partial charge in [0.15, 0.2) is 0 Å². The summed E-state index contributed by atoms with van der Waals surface area (Å²) in [5, 5.41) is 0. The molecule has 2 aromatic carbocycles. The predicted molar refractivity (Wildman–Crippen MR) is 91.7 cm³/mol. The SMILES string of the molecule is CN(C)CCCc1cc(Br)ccc1OCc1ccc(F)cc1. The zero-order chi connectivity index (χ0) is 15.9. The number of rotatable bonds is 7. The molecular weight excluding hydrogens is 345 g/mol. The molecule has 2 rings (SSSR count). The Balaban J connectivity index is 2.01. The van der Waals surface area contributed by atoms with Gasteiger partial charge in [0.1, 0.15) is 18.2 Å². The minimum atomic E-state index is -0.225. The van der Waals surface area contributed by atoms with Crippen molar-refractivity contribution in [3.63, 3.8) is 0 Å². The summed E-state index contributed by atoms with van der Waals surface area (Å²) >= 11 is 3.51. The lowest BCUT2D eigenvalue weighted by molar-refractivity contribution is 0.301. The largest absolute Gasteiger partial charge is 0.489 e. The molecule has 0 aliphatic carbocycles. The quantitative estimate of drug-likeness (QED) is 0.707. The second-order valence-corrected chi connectivity index (χ2v) is 6.49. The van der Waals surface area contributed by atoms with Crippen molar-refractivity contribution in [3.05, 3.63) is 63.9 Å². The third-order valence-electron chi connectivity index (χ3n) is 3.38. The molecule has 0 aliphatic rings. The van der Waals surface area contributed by atoms with Crippen LogP contribution in [0.3, 0.4) is 0 Å². The molecule has 0 spiro atoms. The normalized spacial score (nSPS) is 11.0. The number of hydrogen-bond donors (Lipinski definition) is 0. The van der Waals surface area contributed by atoms with Gasteiger partial charge in [-0.3, -0.25) is 0 Å². The van der Waals surface area contributed by atoms with Crippen LogP contribution in [0.1, 0.15) is 17.5 Å². The second kappa shape index (κ2) is 8.30. The van der Waals surface area contributed by atoms with Crippen molar-refractivity contribution in [2.75, 3.05) is 20.6 Å². The maximum Gasteiger partial charge on any atom is 0.123 e. The smallest absolute Gasteiger partial charge is 0.123 e. The first kappa shape index (κ1) is 17.0. The van der Waals surface area contributed by atoms with Crippen LogP contribution in [-0.2, 0) is 13.0 Å². The summed E-state index contributed by atoms with van der Waals surface area (Å²) in [6.45, 7) is 1.49. The number of nitrogens with zero attached hydrogens (tertiary/aromatic N) is 1. The van der Waals surface area contributed by atoms with E-state index in [0.29, 0.717) is 6.61 Å². The summed E-state index contributed by atoms with van der Waals surface area (Å²) in [6, 6.07) is 12.5. The molecule has 0 radical (unpaired) electrons. The zero-order valence-corrected chi connectivity index (χ0v) is 14.6. The molecular formula is C18H21BrFNO. The molecule has 0 aliphatic heterocycles. The van der Waals surface area contributed by atoms with Gasteiger partial charge in [-0.15, -0.1) is 0 Å². The summed E-state index contributed by atoms with van der Waals surface area (Å²) in [5.74, 6) is 0.669. The maximum absolute atomic E-state index is 12.9. The molecule has 4 heteroatoms. The Morgan fingerprint density at radius 1 is 1.09 bits per heavy atom.